The van der Waals surface area contributed by atoms with E-state index in [2.05, 4.69) is 5.32 Å². The maximum absolute atomic E-state index is 13.8. The fourth-order valence-electron chi connectivity index (χ4n) is 5.13. The van der Waals surface area contributed by atoms with E-state index >= 15 is 0 Å². The number of allylic oxidation sites excluding steroid dienone is 3. The van der Waals surface area contributed by atoms with Crippen molar-refractivity contribution in [2.75, 3.05) is 14.2 Å². The highest BCUT2D eigenvalue weighted by Gasteiger charge is 2.42. The zero-order valence-electron chi connectivity index (χ0n) is 22.2. The Morgan fingerprint density at radius 3 is 2.50 bits per heavy atom. The van der Waals surface area contributed by atoms with Crippen molar-refractivity contribution in [3.63, 3.8) is 0 Å². The van der Waals surface area contributed by atoms with Crippen LogP contribution in [0.5, 0.6) is 11.5 Å². The van der Waals surface area contributed by atoms with E-state index < -0.39 is 16.8 Å². The van der Waals surface area contributed by atoms with E-state index in [0.717, 1.165) is 5.56 Å². The third kappa shape index (κ3) is 5.14. The summed E-state index contributed by atoms with van der Waals surface area (Å²) in [4.78, 5) is 38.2. The molecule has 3 atom stereocenters. The van der Waals surface area contributed by atoms with Gasteiger partial charge in [-0.15, -0.1) is 0 Å². The Labute approximate surface area is 221 Å². The van der Waals surface area contributed by atoms with Crippen molar-refractivity contribution in [2.24, 2.45) is 0 Å². The first-order chi connectivity index (χ1) is 18.2. The molecule has 38 heavy (non-hydrogen) atoms. The number of non-ortho nitro benzene ring substituents is 1. The summed E-state index contributed by atoms with van der Waals surface area (Å²) in [6, 6.07) is 11.7. The Morgan fingerprint density at radius 2 is 1.84 bits per heavy atom. The summed E-state index contributed by atoms with van der Waals surface area (Å²) >= 11 is 0. The Bertz CT molecular complexity index is 1340. The van der Waals surface area contributed by atoms with E-state index in [1.165, 1.54) is 12.1 Å². The number of nitrogens with zero attached hydrogens (tertiary/aromatic N) is 1. The number of esters is 1. The number of nitrogens with one attached hydrogen (secondary N) is 1. The lowest BCUT2D eigenvalue weighted by Gasteiger charge is -2.37. The zero-order valence-corrected chi connectivity index (χ0v) is 22.2. The van der Waals surface area contributed by atoms with Crippen LogP contribution in [0.4, 0.5) is 5.69 Å². The van der Waals surface area contributed by atoms with E-state index in [4.69, 9.17) is 14.2 Å². The van der Waals surface area contributed by atoms with Crippen molar-refractivity contribution in [1.82, 2.24) is 5.32 Å². The molecule has 0 aromatic heterocycles. The third-order valence-corrected chi connectivity index (χ3v) is 7.22. The van der Waals surface area contributed by atoms with Gasteiger partial charge in [0.15, 0.2) is 17.3 Å². The highest BCUT2D eigenvalue weighted by molar-refractivity contribution is 6.04. The van der Waals surface area contributed by atoms with Crippen LogP contribution in [-0.4, -0.2) is 37.0 Å². The average Bonchev–Trinajstić information content (AvgIpc) is 2.91. The van der Waals surface area contributed by atoms with Gasteiger partial charge in [0, 0.05) is 41.4 Å². The number of carbonyl (C=O) groups is 2. The summed E-state index contributed by atoms with van der Waals surface area (Å²) in [6.45, 7) is 5.48. The minimum Gasteiger partial charge on any atom is -0.493 e. The average molecular weight is 521 g/mol. The van der Waals surface area contributed by atoms with Crippen LogP contribution in [0.3, 0.4) is 0 Å². The molecule has 9 nitrogen and oxygen atoms in total. The Kier molecular flexibility index (Phi) is 7.85. The molecule has 1 aliphatic heterocycles. The SMILES string of the molecule is CC[C@H](C)OC(=O)C1=C(C)NC2=C(C(=O)C[C@H](c3ccc(OC)c(OC)c3)C2)[C@@H]1c1cccc([N+](=O)[O-])c1. The standard InChI is InChI=1S/C29H32N2O7/c1-6-16(2)38-29(33)26-17(3)30-22-13-20(18-10-11-24(36-4)25(15-18)37-5)14-23(32)28(22)27(26)19-8-7-9-21(12-19)31(34)35/h7-12,15-16,20,27,30H,6,13-14H2,1-5H3/t16-,20+,27+/m0/s1. The summed E-state index contributed by atoms with van der Waals surface area (Å²) in [5.74, 6) is -0.390. The Hall–Kier alpha value is -4.14. The molecule has 0 bridgehead atoms. The molecule has 0 amide bonds. The summed E-state index contributed by atoms with van der Waals surface area (Å²) in [7, 11) is 3.13. The zero-order chi connectivity index (χ0) is 27.6. The molecule has 0 fully saturated rings. The molecule has 0 unspecified atom stereocenters. The van der Waals surface area contributed by atoms with Gasteiger partial charge < -0.3 is 19.5 Å². The number of benzene rings is 2. The fourth-order valence-corrected chi connectivity index (χ4v) is 5.13. The number of rotatable bonds is 8. The molecule has 1 aliphatic carbocycles. The topological polar surface area (TPSA) is 117 Å². The van der Waals surface area contributed by atoms with Crippen LogP contribution < -0.4 is 14.8 Å². The first-order valence-electron chi connectivity index (χ1n) is 12.6. The summed E-state index contributed by atoms with van der Waals surface area (Å²) < 4.78 is 16.5. The lowest BCUT2D eigenvalue weighted by atomic mass is 9.71. The highest BCUT2D eigenvalue weighted by Crippen LogP contribution is 2.47. The van der Waals surface area contributed by atoms with Crippen LogP contribution in [0, 0.1) is 10.1 Å². The maximum atomic E-state index is 13.8. The van der Waals surface area contributed by atoms with Gasteiger partial charge in [0.05, 0.1) is 30.8 Å². The third-order valence-electron chi connectivity index (χ3n) is 7.22. The molecule has 4 rings (SSSR count). The van der Waals surface area contributed by atoms with Crippen LogP contribution in [-0.2, 0) is 14.3 Å². The second-order valence-electron chi connectivity index (χ2n) is 9.61. The van der Waals surface area contributed by atoms with Crippen molar-refractivity contribution in [3.05, 3.63) is 86.2 Å². The number of dihydropyridines is 1. The van der Waals surface area contributed by atoms with Crippen molar-refractivity contribution in [1.29, 1.82) is 0 Å². The van der Waals surface area contributed by atoms with E-state index in [9.17, 15) is 19.7 Å². The number of hydrogen-bond donors (Lipinski definition) is 1. The van der Waals surface area contributed by atoms with E-state index in [1.807, 2.05) is 25.1 Å². The van der Waals surface area contributed by atoms with Gasteiger partial charge >= 0.3 is 5.97 Å². The lowest BCUT2D eigenvalue weighted by molar-refractivity contribution is -0.384. The number of methoxy groups -OCH3 is 2. The molecular weight excluding hydrogens is 488 g/mol. The predicted molar refractivity (Wildman–Crippen MR) is 141 cm³/mol. The van der Waals surface area contributed by atoms with Crippen LogP contribution in [0.15, 0.2) is 65.0 Å². The molecule has 9 heteroatoms. The van der Waals surface area contributed by atoms with Gasteiger partial charge in [0.2, 0.25) is 0 Å². The second-order valence-corrected chi connectivity index (χ2v) is 9.61. The van der Waals surface area contributed by atoms with Gasteiger partial charge in [0.25, 0.3) is 5.69 Å². The molecule has 2 aliphatic rings. The van der Waals surface area contributed by atoms with Gasteiger partial charge in [-0.3, -0.25) is 14.9 Å². The minimum atomic E-state index is -0.776. The number of ketones is 1. The molecule has 200 valence electrons. The van der Waals surface area contributed by atoms with Crippen molar-refractivity contribution < 1.29 is 28.7 Å². The highest BCUT2D eigenvalue weighted by atomic mass is 16.6. The van der Waals surface area contributed by atoms with Crippen molar-refractivity contribution >= 4 is 17.4 Å². The number of nitro groups is 1. The van der Waals surface area contributed by atoms with E-state index in [1.54, 1.807) is 40.2 Å². The molecule has 2 aromatic rings. The van der Waals surface area contributed by atoms with E-state index in [-0.39, 0.29) is 29.9 Å². The predicted octanol–water partition coefficient (Wildman–Crippen LogP) is 5.32. The Morgan fingerprint density at radius 1 is 1.11 bits per heavy atom. The molecule has 1 heterocycles. The molecule has 1 N–H and O–H groups in total. The largest absolute Gasteiger partial charge is 0.493 e. The number of hydrogen-bond acceptors (Lipinski definition) is 8. The summed E-state index contributed by atoms with van der Waals surface area (Å²) in [5.41, 5.74) is 3.33. The molecule has 0 radical (unpaired) electrons. The van der Waals surface area contributed by atoms with Gasteiger partial charge in [-0.1, -0.05) is 25.1 Å². The smallest absolute Gasteiger partial charge is 0.337 e. The second kappa shape index (κ2) is 11.1. The number of nitro benzene ring substituents is 1. The molecular formula is C29H32N2O7. The lowest BCUT2D eigenvalue weighted by Crippen LogP contribution is -2.36. The Balaban J connectivity index is 1.80. The fraction of sp³-hybridized carbons (Fsp3) is 0.379. The molecule has 0 saturated carbocycles. The molecule has 0 spiro atoms. The van der Waals surface area contributed by atoms with Gasteiger partial charge in [-0.2, -0.15) is 0 Å². The van der Waals surface area contributed by atoms with Gasteiger partial charge in [-0.05, 0) is 55.9 Å². The van der Waals surface area contributed by atoms with Crippen LogP contribution in [0.1, 0.15) is 63.0 Å². The number of Topliss-reactive ketones (excluding diaryl/α,β-unsaturated/α-hetero) is 1. The first kappa shape index (κ1) is 26.9. The summed E-state index contributed by atoms with van der Waals surface area (Å²) in [5, 5.41) is 14.8. The number of ether oxygens (including phenoxy) is 3. The maximum Gasteiger partial charge on any atom is 0.337 e. The quantitative estimate of drug-likeness (QED) is 0.283. The van der Waals surface area contributed by atoms with Gasteiger partial charge in [0.1, 0.15) is 0 Å². The van der Waals surface area contributed by atoms with Gasteiger partial charge in [-0.25, -0.2) is 4.79 Å². The van der Waals surface area contributed by atoms with Crippen LogP contribution >= 0.6 is 0 Å². The van der Waals surface area contributed by atoms with Crippen LogP contribution in [0.25, 0.3) is 0 Å². The summed E-state index contributed by atoms with van der Waals surface area (Å²) in [6.07, 6.45) is 1.05. The number of carbonyl (C=O) groups excluding carboxylic acids is 2. The minimum absolute atomic E-state index is 0.109. The van der Waals surface area contributed by atoms with E-state index in [0.29, 0.717) is 52.4 Å². The van der Waals surface area contributed by atoms with Crippen molar-refractivity contribution in [2.45, 2.75) is 58.0 Å². The first-order valence-corrected chi connectivity index (χ1v) is 12.6. The van der Waals surface area contributed by atoms with Crippen LogP contribution in [0.2, 0.25) is 0 Å². The normalized spacial score (nSPS) is 19.9. The molecule has 0 saturated heterocycles. The van der Waals surface area contributed by atoms with Crippen molar-refractivity contribution in [3.8, 4) is 11.5 Å². The monoisotopic (exact) mass is 520 g/mol. The molecule has 2 aromatic carbocycles.